The standard InChI is InChI=1S/C16H22N4O3S/c1-11(9-22-3)17-15(21)10-24-16-19-18-12(2)20(16)13-5-7-14(23-4)8-6-13/h5-8,11H,9-10H2,1-4H3,(H,17,21)/t11-/m1/s1. The fraction of sp³-hybridized carbons (Fsp3) is 0.438. The molecule has 0 spiro atoms. The number of aromatic nitrogens is 3. The summed E-state index contributed by atoms with van der Waals surface area (Å²) >= 11 is 1.35. The molecule has 1 heterocycles. The number of nitrogens with zero attached hydrogens (tertiary/aromatic N) is 3. The van der Waals surface area contributed by atoms with E-state index in [1.807, 2.05) is 42.7 Å². The third-order valence-corrected chi connectivity index (χ3v) is 4.21. The average Bonchev–Trinajstić information content (AvgIpc) is 2.94. The Morgan fingerprint density at radius 1 is 1.29 bits per heavy atom. The Morgan fingerprint density at radius 2 is 2.00 bits per heavy atom. The van der Waals surface area contributed by atoms with Crippen LogP contribution in [-0.4, -0.2) is 53.3 Å². The monoisotopic (exact) mass is 350 g/mol. The Hall–Kier alpha value is -2.06. The van der Waals surface area contributed by atoms with Crippen LogP contribution in [0.15, 0.2) is 29.4 Å². The molecule has 0 aliphatic carbocycles. The first-order valence-corrected chi connectivity index (χ1v) is 8.51. The van der Waals surface area contributed by atoms with E-state index in [4.69, 9.17) is 9.47 Å². The maximum atomic E-state index is 12.0. The predicted octanol–water partition coefficient (Wildman–Crippen LogP) is 1.83. The van der Waals surface area contributed by atoms with Crippen LogP contribution in [0.1, 0.15) is 12.7 Å². The van der Waals surface area contributed by atoms with E-state index in [0.717, 1.165) is 17.3 Å². The van der Waals surface area contributed by atoms with Gasteiger partial charge in [0, 0.05) is 18.8 Å². The van der Waals surface area contributed by atoms with E-state index in [1.54, 1.807) is 14.2 Å². The Labute approximate surface area is 145 Å². The molecule has 0 fully saturated rings. The summed E-state index contributed by atoms with van der Waals surface area (Å²) in [6.07, 6.45) is 0. The number of hydrogen-bond acceptors (Lipinski definition) is 6. The smallest absolute Gasteiger partial charge is 0.230 e. The number of aryl methyl sites for hydroxylation is 1. The Kier molecular flexibility index (Phi) is 6.62. The molecule has 8 heteroatoms. The molecule has 1 N–H and O–H groups in total. The van der Waals surface area contributed by atoms with Gasteiger partial charge >= 0.3 is 0 Å². The van der Waals surface area contributed by atoms with Crippen LogP contribution in [0.4, 0.5) is 0 Å². The van der Waals surface area contributed by atoms with Crippen LogP contribution in [0.3, 0.4) is 0 Å². The lowest BCUT2D eigenvalue weighted by Crippen LogP contribution is -2.36. The summed E-state index contributed by atoms with van der Waals surface area (Å²) in [7, 11) is 3.24. The molecule has 0 saturated heterocycles. The van der Waals surface area contributed by atoms with Crippen LogP contribution in [0.2, 0.25) is 0 Å². The van der Waals surface area contributed by atoms with E-state index >= 15 is 0 Å². The van der Waals surface area contributed by atoms with Crippen molar-refractivity contribution in [1.29, 1.82) is 0 Å². The molecule has 0 radical (unpaired) electrons. The molecule has 1 aromatic carbocycles. The van der Waals surface area contributed by atoms with Gasteiger partial charge in [-0.1, -0.05) is 11.8 Å². The van der Waals surface area contributed by atoms with E-state index in [1.165, 1.54) is 11.8 Å². The molecule has 2 rings (SSSR count). The van der Waals surface area contributed by atoms with Crippen LogP contribution in [0.5, 0.6) is 5.75 Å². The van der Waals surface area contributed by atoms with Gasteiger partial charge in [-0.25, -0.2) is 0 Å². The SMILES string of the molecule is COC[C@@H](C)NC(=O)CSc1nnc(C)n1-c1ccc(OC)cc1. The summed E-state index contributed by atoms with van der Waals surface area (Å²) in [6.45, 7) is 4.26. The lowest BCUT2D eigenvalue weighted by molar-refractivity contribution is -0.119. The summed E-state index contributed by atoms with van der Waals surface area (Å²) in [6, 6.07) is 7.59. The quantitative estimate of drug-likeness (QED) is 0.732. The third-order valence-electron chi connectivity index (χ3n) is 3.28. The second kappa shape index (κ2) is 8.70. The van der Waals surface area contributed by atoms with E-state index in [0.29, 0.717) is 11.8 Å². The van der Waals surface area contributed by atoms with Crippen molar-refractivity contribution in [2.45, 2.75) is 25.0 Å². The number of carbonyl (C=O) groups is 1. The van der Waals surface area contributed by atoms with Gasteiger partial charge in [0.1, 0.15) is 11.6 Å². The van der Waals surface area contributed by atoms with Gasteiger partial charge < -0.3 is 14.8 Å². The van der Waals surface area contributed by atoms with Crippen molar-refractivity contribution in [1.82, 2.24) is 20.1 Å². The van der Waals surface area contributed by atoms with Crippen LogP contribution < -0.4 is 10.1 Å². The summed E-state index contributed by atoms with van der Waals surface area (Å²) in [5, 5.41) is 11.8. The van der Waals surface area contributed by atoms with Gasteiger partial charge in [0.05, 0.1) is 19.5 Å². The first-order valence-electron chi connectivity index (χ1n) is 7.52. The number of carbonyl (C=O) groups excluding carboxylic acids is 1. The van der Waals surface area contributed by atoms with Gasteiger partial charge in [0.15, 0.2) is 5.16 Å². The number of hydrogen-bond donors (Lipinski definition) is 1. The molecule has 0 unspecified atom stereocenters. The Morgan fingerprint density at radius 3 is 2.62 bits per heavy atom. The van der Waals surface area contributed by atoms with Gasteiger partial charge in [-0.05, 0) is 38.1 Å². The Bertz CT molecular complexity index is 672. The maximum Gasteiger partial charge on any atom is 0.230 e. The predicted molar refractivity (Wildman–Crippen MR) is 92.9 cm³/mol. The summed E-state index contributed by atoms with van der Waals surface area (Å²) < 4.78 is 12.1. The van der Waals surface area contributed by atoms with Gasteiger partial charge in [0.2, 0.25) is 5.91 Å². The van der Waals surface area contributed by atoms with E-state index in [2.05, 4.69) is 15.5 Å². The second-order valence-electron chi connectivity index (χ2n) is 5.28. The molecule has 0 saturated carbocycles. The Balaban J connectivity index is 2.05. The van der Waals surface area contributed by atoms with E-state index in [9.17, 15) is 4.79 Å². The molecule has 7 nitrogen and oxygen atoms in total. The molecule has 0 bridgehead atoms. The minimum atomic E-state index is -0.0634. The van der Waals surface area contributed by atoms with Crippen LogP contribution >= 0.6 is 11.8 Å². The maximum absolute atomic E-state index is 12.0. The zero-order chi connectivity index (χ0) is 17.5. The highest BCUT2D eigenvalue weighted by atomic mass is 32.2. The minimum absolute atomic E-state index is 0.0238. The lowest BCUT2D eigenvalue weighted by atomic mass is 10.3. The minimum Gasteiger partial charge on any atom is -0.497 e. The van der Waals surface area contributed by atoms with Crippen LogP contribution in [0.25, 0.3) is 5.69 Å². The van der Waals surface area contributed by atoms with Crippen molar-refractivity contribution in [3.05, 3.63) is 30.1 Å². The highest BCUT2D eigenvalue weighted by Crippen LogP contribution is 2.23. The van der Waals surface area contributed by atoms with Crippen molar-refractivity contribution in [3.63, 3.8) is 0 Å². The normalized spacial score (nSPS) is 12.0. The molecule has 0 aliphatic heterocycles. The topological polar surface area (TPSA) is 78.3 Å². The first-order chi connectivity index (χ1) is 11.5. The van der Waals surface area contributed by atoms with Crippen molar-refractivity contribution >= 4 is 17.7 Å². The molecule has 24 heavy (non-hydrogen) atoms. The molecule has 2 aromatic rings. The zero-order valence-corrected chi connectivity index (χ0v) is 15.1. The van der Waals surface area contributed by atoms with E-state index < -0.39 is 0 Å². The van der Waals surface area contributed by atoms with Crippen LogP contribution in [-0.2, 0) is 9.53 Å². The average molecular weight is 350 g/mol. The molecular weight excluding hydrogens is 328 g/mol. The van der Waals surface area contributed by atoms with Crippen molar-refractivity contribution in [2.24, 2.45) is 0 Å². The number of methoxy groups -OCH3 is 2. The highest BCUT2D eigenvalue weighted by Gasteiger charge is 2.14. The largest absolute Gasteiger partial charge is 0.497 e. The van der Waals surface area contributed by atoms with Gasteiger partial charge in [0.25, 0.3) is 0 Å². The number of benzene rings is 1. The van der Waals surface area contributed by atoms with Crippen molar-refractivity contribution in [3.8, 4) is 11.4 Å². The summed E-state index contributed by atoms with van der Waals surface area (Å²) in [5.74, 6) is 1.75. The number of amides is 1. The molecule has 1 aromatic heterocycles. The fourth-order valence-corrected chi connectivity index (χ4v) is 3.01. The molecule has 1 amide bonds. The number of rotatable bonds is 8. The van der Waals surface area contributed by atoms with Crippen molar-refractivity contribution in [2.75, 3.05) is 26.6 Å². The molecule has 0 aliphatic rings. The van der Waals surface area contributed by atoms with Gasteiger partial charge in [-0.15, -0.1) is 10.2 Å². The number of nitrogens with one attached hydrogen (secondary N) is 1. The van der Waals surface area contributed by atoms with Gasteiger partial charge in [-0.2, -0.15) is 0 Å². The van der Waals surface area contributed by atoms with Crippen molar-refractivity contribution < 1.29 is 14.3 Å². The summed E-state index contributed by atoms with van der Waals surface area (Å²) in [5.41, 5.74) is 0.925. The lowest BCUT2D eigenvalue weighted by Gasteiger charge is -2.13. The zero-order valence-electron chi connectivity index (χ0n) is 14.3. The first kappa shape index (κ1) is 18.3. The summed E-state index contributed by atoms with van der Waals surface area (Å²) in [4.78, 5) is 12.0. The number of thioether (sulfide) groups is 1. The second-order valence-corrected chi connectivity index (χ2v) is 6.22. The molecular formula is C16H22N4O3S. The molecule has 1 atom stereocenters. The van der Waals surface area contributed by atoms with Crippen LogP contribution in [0, 0.1) is 6.92 Å². The van der Waals surface area contributed by atoms with E-state index in [-0.39, 0.29) is 17.7 Å². The fourth-order valence-electron chi connectivity index (χ4n) is 2.20. The molecule has 130 valence electrons. The number of ether oxygens (including phenoxy) is 2. The highest BCUT2D eigenvalue weighted by molar-refractivity contribution is 7.99. The van der Waals surface area contributed by atoms with Gasteiger partial charge in [-0.3, -0.25) is 9.36 Å². The third kappa shape index (κ3) is 4.72.